The molecule has 0 amide bonds. The molecule has 1 aliphatic heterocycles. The average molecular weight is 186 g/mol. The molecule has 0 bridgehead atoms. The van der Waals surface area contributed by atoms with Crippen LogP contribution in [0.5, 0.6) is 0 Å². The predicted molar refractivity (Wildman–Crippen MR) is 53.7 cm³/mol. The van der Waals surface area contributed by atoms with Gasteiger partial charge in [-0.3, -0.25) is 0 Å². The number of rotatable bonds is 1. The Morgan fingerprint density at radius 1 is 1.46 bits per heavy atom. The Kier molecular flexibility index (Phi) is 3.03. The lowest BCUT2D eigenvalue weighted by Crippen LogP contribution is -2.49. The van der Waals surface area contributed by atoms with Gasteiger partial charge in [-0.25, -0.2) is 0 Å². The molecular weight excluding hydrogens is 164 g/mol. The van der Waals surface area contributed by atoms with Crippen molar-refractivity contribution in [3.8, 4) is 0 Å². The maximum absolute atomic E-state index is 10.4. The Morgan fingerprint density at radius 2 is 2.08 bits per heavy atom. The van der Waals surface area contributed by atoms with Gasteiger partial charge < -0.3 is 9.84 Å². The van der Waals surface area contributed by atoms with E-state index in [-0.39, 0.29) is 11.5 Å². The standard InChI is InChI=1S/C11H22O2/c1-5-9-8-11(12,6-7-13-9)10(2,3)4/h9,12H,5-8H2,1-4H3. The van der Waals surface area contributed by atoms with Gasteiger partial charge >= 0.3 is 0 Å². The van der Waals surface area contributed by atoms with Crippen molar-refractivity contribution in [3.05, 3.63) is 0 Å². The molecule has 0 radical (unpaired) electrons. The van der Waals surface area contributed by atoms with Crippen molar-refractivity contribution in [1.29, 1.82) is 0 Å². The van der Waals surface area contributed by atoms with Gasteiger partial charge in [-0.2, -0.15) is 0 Å². The van der Waals surface area contributed by atoms with Crippen molar-refractivity contribution in [2.75, 3.05) is 6.61 Å². The number of hydrogen-bond donors (Lipinski definition) is 1. The molecule has 78 valence electrons. The summed E-state index contributed by atoms with van der Waals surface area (Å²) in [6, 6.07) is 0. The molecule has 2 unspecified atom stereocenters. The summed E-state index contributed by atoms with van der Waals surface area (Å²) in [4.78, 5) is 0. The number of ether oxygens (including phenoxy) is 1. The smallest absolute Gasteiger partial charge is 0.0742 e. The predicted octanol–water partition coefficient (Wildman–Crippen LogP) is 2.35. The molecule has 0 saturated carbocycles. The first-order valence-corrected chi connectivity index (χ1v) is 5.23. The lowest BCUT2D eigenvalue weighted by Gasteiger charge is -2.45. The van der Waals surface area contributed by atoms with Crippen LogP contribution in [0.4, 0.5) is 0 Å². The molecule has 0 aromatic heterocycles. The fraction of sp³-hybridized carbons (Fsp3) is 1.00. The van der Waals surface area contributed by atoms with Crippen LogP contribution in [0.1, 0.15) is 47.0 Å². The van der Waals surface area contributed by atoms with Crippen LogP contribution in [-0.2, 0) is 4.74 Å². The molecule has 2 atom stereocenters. The summed E-state index contributed by atoms with van der Waals surface area (Å²) in [5.74, 6) is 0. The molecule has 0 aliphatic carbocycles. The van der Waals surface area contributed by atoms with Crippen molar-refractivity contribution >= 4 is 0 Å². The lowest BCUT2D eigenvalue weighted by molar-refractivity contribution is -0.153. The molecule has 0 aromatic carbocycles. The largest absolute Gasteiger partial charge is 0.389 e. The van der Waals surface area contributed by atoms with Crippen LogP contribution in [0, 0.1) is 5.41 Å². The fourth-order valence-corrected chi connectivity index (χ4v) is 1.88. The normalized spacial score (nSPS) is 36.2. The molecule has 2 nitrogen and oxygen atoms in total. The molecule has 2 heteroatoms. The van der Waals surface area contributed by atoms with Gasteiger partial charge in [0.2, 0.25) is 0 Å². The lowest BCUT2D eigenvalue weighted by atomic mass is 9.70. The molecule has 1 aliphatic rings. The summed E-state index contributed by atoms with van der Waals surface area (Å²) in [5, 5.41) is 10.4. The van der Waals surface area contributed by atoms with Crippen LogP contribution < -0.4 is 0 Å². The molecule has 1 rings (SSSR count). The van der Waals surface area contributed by atoms with E-state index in [1.54, 1.807) is 0 Å². The van der Waals surface area contributed by atoms with E-state index < -0.39 is 5.60 Å². The molecule has 1 heterocycles. The van der Waals surface area contributed by atoms with E-state index in [1.165, 1.54) is 0 Å². The summed E-state index contributed by atoms with van der Waals surface area (Å²) in [5.41, 5.74) is -0.573. The van der Waals surface area contributed by atoms with E-state index in [9.17, 15) is 5.11 Å². The first-order chi connectivity index (χ1) is 5.89. The van der Waals surface area contributed by atoms with E-state index in [0.29, 0.717) is 6.61 Å². The zero-order chi connectivity index (χ0) is 10.1. The first kappa shape index (κ1) is 11.0. The van der Waals surface area contributed by atoms with E-state index in [0.717, 1.165) is 19.3 Å². The zero-order valence-electron chi connectivity index (χ0n) is 9.26. The van der Waals surface area contributed by atoms with E-state index in [2.05, 4.69) is 27.7 Å². The van der Waals surface area contributed by atoms with Crippen LogP contribution in [-0.4, -0.2) is 23.4 Å². The highest BCUT2D eigenvalue weighted by Gasteiger charge is 2.43. The number of aliphatic hydroxyl groups is 1. The first-order valence-electron chi connectivity index (χ1n) is 5.23. The van der Waals surface area contributed by atoms with Crippen molar-refractivity contribution < 1.29 is 9.84 Å². The van der Waals surface area contributed by atoms with Gasteiger partial charge in [-0.15, -0.1) is 0 Å². The van der Waals surface area contributed by atoms with Gasteiger partial charge in [0, 0.05) is 19.4 Å². The second-order valence-corrected chi connectivity index (χ2v) is 5.14. The fourth-order valence-electron chi connectivity index (χ4n) is 1.88. The minimum atomic E-state index is -0.536. The van der Waals surface area contributed by atoms with Gasteiger partial charge in [0.1, 0.15) is 0 Å². The molecule has 0 spiro atoms. The molecule has 13 heavy (non-hydrogen) atoms. The Bertz CT molecular complexity index is 171. The van der Waals surface area contributed by atoms with Crippen molar-refractivity contribution in [1.82, 2.24) is 0 Å². The Labute approximate surface area is 81.3 Å². The quantitative estimate of drug-likeness (QED) is 0.681. The summed E-state index contributed by atoms with van der Waals surface area (Å²) in [6.45, 7) is 9.12. The van der Waals surface area contributed by atoms with Gasteiger partial charge in [-0.1, -0.05) is 27.7 Å². The van der Waals surface area contributed by atoms with Crippen molar-refractivity contribution in [2.45, 2.75) is 58.7 Å². The van der Waals surface area contributed by atoms with Gasteiger partial charge in [0.25, 0.3) is 0 Å². The van der Waals surface area contributed by atoms with Crippen molar-refractivity contribution in [2.24, 2.45) is 5.41 Å². The summed E-state index contributed by atoms with van der Waals surface area (Å²) in [7, 11) is 0. The Balaban J connectivity index is 2.68. The summed E-state index contributed by atoms with van der Waals surface area (Å²) in [6.07, 6.45) is 2.80. The number of hydrogen-bond acceptors (Lipinski definition) is 2. The molecule has 0 aromatic rings. The maximum atomic E-state index is 10.4. The summed E-state index contributed by atoms with van der Waals surface area (Å²) >= 11 is 0. The minimum absolute atomic E-state index is 0.0375. The Morgan fingerprint density at radius 3 is 2.54 bits per heavy atom. The van der Waals surface area contributed by atoms with E-state index in [4.69, 9.17) is 4.74 Å². The van der Waals surface area contributed by atoms with E-state index in [1.807, 2.05) is 0 Å². The van der Waals surface area contributed by atoms with Crippen LogP contribution in [0.3, 0.4) is 0 Å². The second-order valence-electron chi connectivity index (χ2n) is 5.14. The highest BCUT2D eigenvalue weighted by atomic mass is 16.5. The van der Waals surface area contributed by atoms with Crippen molar-refractivity contribution in [3.63, 3.8) is 0 Å². The maximum Gasteiger partial charge on any atom is 0.0742 e. The second kappa shape index (κ2) is 3.58. The third-order valence-corrected chi connectivity index (χ3v) is 3.29. The van der Waals surface area contributed by atoms with Crippen LogP contribution in [0.25, 0.3) is 0 Å². The molecule has 1 fully saturated rings. The van der Waals surface area contributed by atoms with Crippen LogP contribution in [0.2, 0.25) is 0 Å². The highest BCUT2D eigenvalue weighted by Crippen LogP contribution is 2.40. The third kappa shape index (κ3) is 2.23. The van der Waals surface area contributed by atoms with Crippen LogP contribution >= 0.6 is 0 Å². The third-order valence-electron chi connectivity index (χ3n) is 3.29. The highest BCUT2D eigenvalue weighted by molar-refractivity contribution is 4.94. The van der Waals surface area contributed by atoms with Gasteiger partial charge in [0.15, 0.2) is 0 Å². The SMILES string of the molecule is CCC1CC(O)(C(C)(C)C)CCO1. The Hall–Kier alpha value is -0.0800. The molecular formula is C11H22O2. The van der Waals surface area contributed by atoms with E-state index >= 15 is 0 Å². The molecule has 1 N–H and O–H groups in total. The molecule has 1 saturated heterocycles. The van der Waals surface area contributed by atoms with Gasteiger partial charge in [-0.05, 0) is 11.8 Å². The topological polar surface area (TPSA) is 29.5 Å². The average Bonchev–Trinajstić information content (AvgIpc) is 2.02. The minimum Gasteiger partial charge on any atom is -0.389 e. The van der Waals surface area contributed by atoms with Gasteiger partial charge in [0.05, 0.1) is 11.7 Å². The summed E-state index contributed by atoms with van der Waals surface area (Å²) < 4.78 is 5.56. The monoisotopic (exact) mass is 186 g/mol. The van der Waals surface area contributed by atoms with Crippen LogP contribution in [0.15, 0.2) is 0 Å². The zero-order valence-corrected chi connectivity index (χ0v) is 9.26.